The summed E-state index contributed by atoms with van der Waals surface area (Å²) in [6, 6.07) is 13.5. The van der Waals surface area contributed by atoms with Crippen LogP contribution in [0.1, 0.15) is 24.5 Å². The summed E-state index contributed by atoms with van der Waals surface area (Å²) in [6.45, 7) is 4.44. The summed E-state index contributed by atoms with van der Waals surface area (Å²) < 4.78 is 16.4. The van der Waals surface area contributed by atoms with E-state index >= 15 is 0 Å². The van der Waals surface area contributed by atoms with Gasteiger partial charge in [-0.25, -0.2) is 0 Å². The van der Waals surface area contributed by atoms with Crippen molar-refractivity contribution in [3.63, 3.8) is 0 Å². The van der Waals surface area contributed by atoms with Gasteiger partial charge in [0, 0.05) is 6.54 Å². The van der Waals surface area contributed by atoms with Crippen molar-refractivity contribution < 1.29 is 19.0 Å². The number of amides is 1. The van der Waals surface area contributed by atoms with E-state index in [2.05, 4.69) is 5.32 Å². The maximum absolute atomic E-state index is 12.4. The minimum absolute atomic E-state index is 0.101. The molecule has 0 unspecified atom stereocenters. The molecule has 0 heterocycles. The van der Waals surface area contributed by atoms with E-state index in [-0.39, 0.29) is 5.91 Å². The van der Waals surface area contributed by atoms with E-state index in [0.717, 1.165) is 16.9 Å². The van der Waals surface area contributed by atoms with Crippen molar-refractivity contribution in [2.45, 2.75) is 32.8 Å². The second-order valence-corrected chi connectivity index (χ2v) is 6.01. The molecule has 0 aromatic heterocycles. The fraction of sp³-hybridized carbons (Fsp3) is 0.381. The number of carbonyl (C=O) groups excluding carboxylic acids is 1. The van der Waals surface area contributed by atoms with Gasteiger partial charge in [0.1, 0.15) is 5.75 Å². The highest BCUT2D eigenvalue weighted by atomic mass is 16.5. The smallest absolute Gasteiger partial charge is 0.261 e. The summed E-state index contributed by atoms with van der Waals surface area (Å²) in [6.07, 6.45) is 0.810. The van der Waals surface area contributed by atoms with Gasteiger partial charge in [0.2, 0.25) is 0 Å². The van der Waals surface area contributed by atoms with Gasteiger partial charge < -0.3 is 19.5 Å². The monoisotopic (exact) mass is 357 g/mol. The Labute approximate surface area is 155 Å². The highest BCUT2D eigenvalue weighted by Crippen LogP contribution is 2.27. The molecule has 0 radical (unpaired) electrons. The van der Waals surface area contributed by atoms with Crippen LogP contribution in [-0.2, 0) is 11.2 Å². The first-order chi connectivity index (χ1) is 12.6. The van der Waals surface area contributed by atoms with Crippen LogP contribution in [0.15, 0.2) is 42.5 Å². The van der Waals surface area contributed by atoms with Crippen LogP contribution in [0.3, 0.4) is 0 Å². The van der Waals surface area contributed by atoms with Gasteiger partial charge in [0.25, 0.3) is 5.91 Å². The lowest BCUT2D eigenvalue weighted by molar-refractivity contribution is -0.128. The van der Waals surface area contributed by atoms with E-state index < -0.39 is 6.10 Å². The lowest BCUT2D eigenvalue weighted by Gasteiger charge is -2.18. The molecule has 0 aliphatic carbocycles. The first-order valence-corrected chi connectivity index (χ1v) is 8.80. The average Bonchev–Trinajstić information content (AvgIpc) is 2.67. The molecule has 1 amide bonds. The van der Waals surface area contributed by atoms with Gasteiger partial charge in [-0.15, -0.1) is 0 Å². The Morgan fingerprint density at radius 3 is 2.42 bits per heavy atom. The van der Waals surface area contributed by atoms with E-state index in [1.165, 1.54) is 0 Å². The van der Waals surface area contributed by atoms with Crippen LogP contribution in [0.4, 0.5) is 0 Å². The lowest BCUT2D eigenvalue weighted by Crippen LogP contribution is -2.39. The molecule has 0 spiro atoms. The minimum Gasteiger partial charge on any atom is -0.493 e. The molecule has 5 nitrogen and oxygen atoms in total. The van der Waals surface area contributed by atoms with Gasteiger partial charge in [-0.05, 0) is 49.1 Å². The third-order valence-corrected chi connectivity index (χ3v) is 4.19. The van der Waals surface area contributed by atoms with E-state index in [9.17, 15) is 4.79 Å². The van der Waals surface area contributed by atoms with Crippen molar-refractivity contribution in [3.05, 3.63) is 53.6 Å². The van der Waals surface area contributed by atoms with Crippen molar-refractivity contribution in [2.24, 2.45) is 0 Å². The van der Waals surface area contributed by atoms with Crippen molar-refractivity contribution in [1.29, 1.82) is 0 Å². The third-order valence-electron chi connectivity index (χ3n) is 4.19. The van der Waals surface area contributed by atoms with Crippen molar-refractivity contribution in [1.82, 2.24) is 5.32 Å². The van der Waals surface area contributed by atoms with Crippen molar-refractivity contribution in [3.8, 4) is 17.2 Å². The van der Waals surface area contributed by atoms with E-state index in [0.29, 0.717) is 30.9 Å². The number of benzene rings is 2. The largest absolute Gasteiger partial charge is 0.493 e. The van der Waals surface area contributed by atoms with E-state index in [1.807, 2.05) is 56.3 Å². The molecule has 1 atom stereocenters. The number of carbonyl (C=O) groups is 1. The Bertz CT molecular complexity index is 730. The number of aryl methyl sites for hydroxylation is 1. The van der Waals surface area contributed by atoms with Crippen LogP contribution in [-0.4, -0.2) is 32.8 Å². The number of hydrogen-bond acceptors (Lipinski definition) is 4. The predicted octanol–water partition coefficient (Wildman–Crippen LogP) is 3.53. The third kappa shape index (κ3) is 5.15. The summed E-state index contributed by atoms with van der Waals surface area (Å²) in [4.78, 5) is 12.4. The Kier molecular flexibility index (Phi) is 7.33. The maximum atomic E-state index is 12.4. The second kappa shape index (κ2) is 9.70. The van der Waals surface area contributed by atoms with Crippen LogP contribution in [0.2, 0.25) is 0 Å². The Morgan fingerprint density at radius 1 is 1.04 bits per heavy atom. The highest BCUT2D eigenvalue weighted by Gasteiger charge is 2.18. The fourth-order valence-electron chi connectivity index (χ4n) is 2.64. The summed E-state index contributed by atoms with van der Waals surface area (Å²) >= 11 is 0. The molecular formula is C21H27NO4. The molecule has 2 aromatic rings. The molecule has 0 saturated heterocycles. The minimum atomic E-state index is -0.499. The molecule has 0 fully saturated rings. The van der Waals surface area contributed by atoms with Crippen molar-refractivity contribution in [2.75, 3.05) is 20.8 Å². The molecule has 140 valence electrons. The molecule has 1 N–H and O–H groups in total. The van der Waals surface area contributed by atoms with Gasteiger partial charge >= 0.3 is 0 Å². The average molecular weight is 357 g/mol. The topological polar surface area (TPSA) is 56.8 Å². The van der Waals surface area contributed by atoms with Crippen molar-refractivity contribution >= 4 is 5.91 Å². The van der Waals surface area contributed by atoms with Gasteiger partial charge in [0.05, 0.1) is 14.2 Å². The lowest BCUT2D eigenvalue weighted by atomic mass is 10.1. The zero-order valence-corrected chi connectivity index (χ0v) is 15.9. The van der Waals surface area contributed by atoms with Gasteiger partial charge in [-0.3, -0.25) is 4.79 Å². The van der Waals surface area contributed by atoms with Crippen LogP contribution >= 0.6 is 0 Å². The zero-order chi connectivity index (χ0) is 18.9. The number of nitrogens with one attached hydrogen (secondary N) is 1. The van der Waals surface area contributed by atoms with Crippen LogP contribution < -0.4 is 19.5 Å². The molecule has 0 bridgehead atoms. The summed E-state index contributed by atoms with van der Waals surface area (Å²) in [5, 5.41) is 2.95. The Morgan fingerprint density at radius 2 is 1.77 bits per heavy atom. The Balaban J connectivity index is 1.90. The number of rotatable bonds is 9. The molecular weight excluding hydrogens is 330 g/mol. The highest BCUT2D eigenvalue weighted by molar-refractivity contribution is 5.81. The molecule has 2 aromatic carbocycles. The van der Waals surface area contributed by atoms with Crippen LogP contribution in [0, 0.1) is 6.92 Å². The number of methoxy groups -OCH3 is 2. The summed E-state index contributed by atoms with van der Waals surface area (Å²) in [7, 11) is 3.22. The maximum Gasteiger partial charge on any atom is 0.261 e. The summed E-state index contributed by atoms with van der Waals surface area (Å²) in [5.74, 6) is 2.02. The molecule has 5 heteroatoms. The first kappa shape index (κ1) is 19.6. The number of ether oxygens (including phenoxy) is 3. The molecule has 0 saturated carbocycles. The second-order valence-electron chi connectivity index (χ2n) is 6.01. The summed E-state index contributed by atoms with van der Waals surface area (Å²) in [5.41, 5.74) is 2.08. The first-order valence-electron chi connectivity index (χ1n) is 8.80. The van der Waals surface area contributed by atoms with Crippen LogP contribution in [0.25, 0.3) is 0 Å². The van der Waals surface area contributed by atoms with Gasteiger partial charge in [-0.2, -0.15) is 0 Å². The molecule has 26 heavy (non-hydrogen) atoms. The van der Waals surface area contributed by atoms with Gasteiger partial charge in [-0.1, -0.05) is 31.2 Å². The molecule has 2 rings (SSSR count). The van der Waals surface area contributed by atoms with Crippen LogP contribution in [0.5, 0.6) is 17.2 Å². The van der Waals surface area contributed by atoms with Gasteiger partial charge in [0.15, 0.2) is 17.6 Å². The standard InChI is InChI=1S/C21H27NO4/c1-5-17(26-18-9-7-6-8-15(18)2)21(23)22-13-12-16-10-11-19(24-3)20(14-16)25-4/h6-11,14,17H,5,12-13H2,1-4H3,(H,22,23)/t17-/m0/s1. The zero-order valence-electron chi connectivity index (χ0n) is 15.9. The fourth-order valence-corrected chi connectivity index (χ4v) is 2.64. The molecule has 0 aliphatic heterocycles. The normalized spacial score (nSPS) is 11.5. The van der Waals surface area contributed by atoms with E-state index in [1.54, 1.807) is 14.2 Å². The van der Waals surface area contributed by atoms with E-state index in [4.69, 9.17) is 14.2 Å². The molecule has 0 aliphatic rings. The Hall–Kier alpha value is -2.69. The number of hydrogen-bond donors (Lipinski definition) is 1. The SMILES string of the molecule is CC[C@H](Oc1ccccc1C)C(=O)NCCc1ccc(OC)c(OC)c1. The predicted molar refractivity (Wildman–Crippen MR) is 102 cm³/mol. The number of para-hydroxylation sites is 1. The quantitative estimate of drug-likeness (QED) is 0.746.